The maximum absolute atomic E-state index is 12.4. The van der Waals surface area contributed by atoms with Gasteiger partial charge in [-0.15, -0.1) is 6.42 Å². The lowest BCUT2D eigenvalue weighted by Crippen LogP contribution is -2.62. The zero-order valence-corrected chi connectivity index (χ0v) is 15.1. The van der Waals surface area contributed by atoms with E-state index in [0.29, 0.717) is 30.7 Å². The fourth-order valence-electron chi connectivity index (χ4n) is 3.18. The van der Waals surface area contributed by atoms with Gasteiger partial charge in [-0.2, -0.15) is 0 Å². The maximum Gasteiger partial charge on any atom is 0.410 e. The second kappa shape index (κ2) is 6.86. The molecule has 6 nitrogen and oxygen atoms in total. The SMILES string of the molecule is C#CC1=C(C(=O)OCC)C2CN(C(=O)OC(C)(C)C)CC(C1)N2C. The number of terminal acetylenes is 1. The number of esters is 1. The number of fused-ring (bicyclic) bond motifs is 2. The number of nitrogens with zero attached hydrogens (tertiary/aromatic N) is 2. The summed E-state index contributed by atoms with van der Waals surface area (Å²) in [6.45, 7) is 8.45. The highest BCUT2D eigenvalue weighted by Crippen LogP contribution is 2.33. The Kier molecular flexibility index (Phi) is 5.24. The number of piperazine rings is 1. The molecule has 2 aliphatic heterocycles. The van der Waals surface area contributed by atoms with E-state index in [1.807, 2.05) is 27.8 Å². The zero-order chi connectivity index (χ0) is 18.1. The van der Waals surface area contributed by atoms with Gasteiger partial charge in [-0.3, -0.25) is 4.90 Å². The number of likely N-dealkylation sites (N-methyl/N-ethyl adjacent to an activating group) is 1. The van der Waals surface area contributed by atoms with Crippen LogP contribution in [0.15, 0.2) is 11.1 Å². The maximum atomic E-state index is 12.4. The highest BCUT2D eigenvalue weighted by molar-refractivity contribution is 5.92. The Bertz CT molecular complexity index is 597. The predicted octanol–water partition coefficient (Wildman–Crippen LogP) is 1.80. The van der Waals surface area contributed by atoms with Gasteiger partial charge in [0, 0.05) is 24.7 Å². The van der Waals surface area contributed by atoms with E-state index in [-0.39, 0.29) is 24.8 Å². The highest BCUT2D eigenvalue weighted by atomic mass is 16.6. The first-order chi connectivity index (χ1) is 11.2. The van der Waals surface area contributed by atoms with E-state index in [0.717, 1.165) is 0 Å². The first-order valence-electron chi connectivity index (χ1n) is 8.24. The van der Waals surface area contributed by atoms with E-state index in [1.54, 1.807) is 11.8 Å². The summed E-state index contributed by atoms with van der Waals surface area (Å²) in [5.74, 6) is 2.25. The van der Waals surface area contributed by atoms with Gasteiger partial charge in [0.2, 0.25) is 0 Å². The minimum atomic E-state index is -0.556. The molecular formula is C18H26N2O4. The molecule has 1 fully saturated rings. The topological polar surface area (TPSA) is 59.1 Å². The van der Waals surface area contributed by atoms with Crippen molar-refractivity contribution in [2.24, 2.45) is 0 Å². The van der Waals surface area contributed by atoms with Crippen molar-refractivity contribution in [1.82, 2.24) is 9.80 Å². The monoisotopic (exact) mass is 334 g/mol. The molecule has 24 heavy (non-hydrogen) atoms. The Morgan fingerprint density at radius 2 is 2.00 bits per heavy atom. The fraction of sp³-hybridized carbons (Fsp3) is 0.667. The summed E-state index contributed by atoms with van der Waals surface area (Å²) >= 11 is 0. The summed E-state index contributed by atoms with van der Waals surface area (Å²) in [5.41, 5.74) is 0.621. The molecule has 132 valence electrons. The zero-order valence-electron chi connectivity index (χ0n) is 15.1. The number of ether oxygens (including phenoxy) is 2. The van der Waals surface area contributed by atoms with Gasteiger partial charge < -0.3 is 14.4 Å². The molecule has 0 radical (unpaired) electrons. The Balaban J connectivity index is 2.28. The third-order valence-corrected chi connectivity index (χ3v) is 4.31. The number of rotatable bonds is 2. The van der Waals surface area contributed by atoms with Gasteiger partial charge in [0.25, 0.3) is 0 Å². The van der Waals surface area contributed by atoms with E-state index in [1.165, 1.54) is 0 Å². The van der Waals surface area contributed by atoms with E-state index in [4.69, 9.17) is 15.9 Å². The van der Waals surface area contributed by atoms with Crippen molar-refractivity contribution >= 4 is 12.1 Å². The lowest BCUT2D eigenvalue weighted by Gasteiger charge is -2.48. The van der Waals surface area contributed by atoms with Crippen LogP contribution in [0, 0.1) is 12.3 Å². The Morgan fingerprint density at radius 1 is 1.33 bits per heavy atom. The molecule has 0 spiro atoms. The molecule has 1 amide bonds. The minimum absolute atomic E-state index is 0.0699. The van der Waals surface area contributed by atoms with Crippen LogP contribution in [0.25, 0.3) is 0 Å². The van der Waals surface area contributed by atoms with Crippen molar-refractivity contribution in [3.63, 3.8) is 0 Å². The van der Waals surface area contributed by atoms with E-state index < -0.39 is 11.6 Å². The lowest BCUT2D eigenvalue weighted by atomic mass is 9.85. The summed E-state index contributed by atoms with van der Waals surface area (Å²) in [5, 5.41) is 0. The second-order valence-electron chi connectivity index (χ2n) is 7.18. The molecular weight excluding hydrogens is 308 g/mol. The number of hydrogen-bond acceptors (Lipinski definition) is 5. The molecule has 2 aliphatic rings. The van der Waals surface area contributed by atoms with Crippen LogP contribution in [0.5, 0.6) is 0 Å². The van der Waals surface area contributed by atoms with Crippen LogP contribution in [0.2, 0.25) is 0 Å². The highest BCUT2D eigenvalue weighted by Gasteiger charge is 2.44. The van der Waals surface area contributed by atoms with Crippen LogP contribution < -0.4 is 0 Å². The number of carbonyl (C=O) groups is 2. The van der Waals surface area contributed by atoms with Gasteiger partial charge in [-0.25, -0.2) is 9.59 Å². The van der Waals surface area contributed by atoms with Crippen molar-refractivity contribution in [3.05, 3.63) is 11.1 Å². The molecule has 6 heteroatoms. The quantitative estimate of drug-likeness (QED) is 0.569. The normalized spacial score (nSPS) is 24.4. The predicted molar refractivity (Wildman–Crippen MR) is 90.3 cm³/mol. The summed E-state index contributed by atoms with van der Waals surface area (Å²) in [6.07, 6.45) is 5.80. The summed E-state index contributed by atoms with van der Waals surface area (Å²) in [6, 6.07) is -0.199. The standard InChI is InChI=1S/C18H26N2O4/c1-7-12-9-13-10-20(17(22)24-18(3,4)5)11-14(19(13)6)15(12)16(21)23-8-2/h1,13-14H,8-11H2,2-6H3. The molecule has 1 saturated heterocycles. The first-order valence-corrected chi connectivity index (χ1v) is 8.24. The average molecular weight is 334 g/mol. The fourth-order valence-corrected chi connectivity index (χ4v) is 3.18. The third kappa shape index (κ3) is 3.73. The van der Waals surface area contributed by atoms with Crippen molar-refractivity contribution in [1.29, 1.82) is 0 Å². The third-order valence-electron chi connectivity index (χ3n) is 4.31. The minimum Gasteiger partial charge on any atom is -0.463 e. The number of hydrogen-bond donors (Lipinski definition) is 0. The molecule has 2 rings (SSSR count). The van der Waals surface area contributed by atoms with Crippen LogP contribution in [-0.2, 0) is 14.3 Å². The summed E-state index contributed by atoms with van der Waals surface area (Å²) in [4.78, 5) is 28.6. The van der Waals surface area contributed by atoms with E-state index in [2.05, 4.69) is 10.8 Å². The molecule has 0 aromatic carbocycles. The van der Waals surface area contributed by atoms with Crippen LogP contribution in [0.4, 0.5) is 4.79 Å². The molecule has 0 N–H and O–H groups in total. The molecule has 0 aliphatic carbocycles. The van der Waals surface area contributed by atoms with Gasteiger partial charge in [0.1, 0.15) is 5.60 Å². The van der Waals surface area contributed by atoms with Crippen molar-refractivity contribution in [3.8, 4) is 12.3 Å². The smallest absolute Gasteiger partial charge is 0.410 e. The van der Waals surface area contributed by atoms with Gasteiger partial charge in [0.05, 0.1) is 18.2 Å². The molecule has 2 heterocycles. The van der Waals surface area contributed by atoms with E-state index in [9.17, 15) is 9.59 Å². The van der Waals surface area contributed by atoms with Crippen LogP contribution in [-0.4, -0.2) is 66.3 Å². The summed E-state index contributed by atoms with van der Waals surface area (Å²) < 4.78 is 10.6. The Hall–Kier alpha value is -2.00. The number of amides is 1. The largest absolute Gasteiger partial charge is 0.463 e. The molecule has 2 bridgehead atoms. The lowest BCUT2D eigenvalue weighted by molar-refractivity contribution is -0.140. The van der Waals surface area contributed by atoms with Crippen molar-refractivity contribution in [2.75, 3.05) is 26.7 Å². The summed E-state index contributed by atoms with van der Waals surface area (Å²) in [7, 11) is 1.95. The Morgan fingerprint density at radius 3 is 2.54 bits per heavy atom. The van der Waals surface area contributed by atoms with E-state index >= 15 is 0 Å². The number of carbonyl (C=O) groups excluding carboxylic acids is 2. The molecule has 2 atom stereocenters. The van der Waals surface area contributed by atoms with Crippen molar-refractivity contribution < 1.29 is 19.1 Å². The van der Waals surface area contributed by atoms with Crippen LogP contribution in [0.3, 0.4) is 0 Å². The molecule has 0 aromatic heterocycles. The second-order valence-corrected chi connectivity index (χ2v) is 7.18. The van der Waals surface area contributed by atoms with Gasteiger partial charge in [-0.1, -0.05) is 5.92 Å². The Labute approximate surface area is 143 Å². The van der Waals surface area contributed by atoms with Crippen molar-refractivity contribution in [2.45, 2.75) is 51.8 Å². The molecule has 0 saturated carbocycles. The van der Waals surface area contributed by atoms with Gasteiger partial charge in [-0.05, 0) is 41.2 Å². The van der Waals surface area contributed by atoms with Crippen LogP contribution in [0.1, 0.15) is 34.1 Å². The molecule has 2 unspecified atom stereocenters. The van der Waals surface area contributed by atoms with Gasteiger partial charge in [0.15, 0.2) is 0 Å². The average Bonchev–Trinajstić information content (AvgIpc) is 2.45. The first kappa shape index (κ1) is 18.3. The van der Waals surface area contributed by atoms with Gasteiger partial charge >= 0.3 is 12.1 Å². The molecule has 0 aromatic rings. The van der Waals surface area contributed by atoms with Crippen LogP contribution >= 0.6 is 0 Å².